The third-order valence-electron chi connectivity index (χ3n) is 6.04. The van der Waals surface area contributed by atoms with Gasteiger partial charge in [-0.3, -0.25) is 19.5 Å². The first-order valence-corrected chi connectivity index (χ1v) is 11.8. The monoisotopic (exact) mass is 495 g/mol. The van der Waals surface area contributed by atoms with Crippen LogP contribution in [-0.4, -0.2) is 54.4 Å². The minimum atomic E-state index is -0.689. The maximum atomic E-state index is 13.3. The van der Waals surface area contributed by atoms with E-state index in [0.29, 0.717) is 5.02 Å². The molecule has 0 radical (unpaired) electrons. The third-order valence-corrected chi connectivity index (χ3v) is 6.30. The number of rotatable bonds is 7. The Morgan fingerprint density at radius 1 is 0.943 bits per heavy atom. The number of halogens is 2. The Morgan fingerprint density at radius 3 is 2.29 bits per heavy atom. The topological polar surface area (TPSA) is 77.6 Å². The minimum absolute atomic E-state index is 0.132. The summed E-state index contributed by atoms with van der Waals surface area (Å²) in [4.78, 5) is 33.5. The molecule has 182 valence electrons. The van der Waals surface area contributed by atoms with Gasteiger partial charge in [-0.05, 0) is 53.6 Å². The third kappa shape index (κ3) is 6.77. The highest BCUT2D eigenvalue weighted by Gasteiger charge is 2.26. The summed E-state index contributed by atoms with van der Waals surface area (Å²) in [6.07, 6.45) is 3.49. The summed E-state index contributed by atoms with van der Waals surface area (Å²) in [6, 6.07) is 17.3. The Balaban J connectivity index is 1.34. The van der Waals surface area contributed by atoms with Gasteiger partial charge in [-0.25, -0.2) is 4.39 Å². The summed E-state index contributed by atoms with van der Waals surface area (Å²) < 4.78 is 13.3. The zero-order valence-electron chi connectivity index (χ0n) is 19.2. The van der Waals surface area contributed by atoms with Crippen LogP contribution in [0.15, 0.2) is 73.1 Å². The Kier molecular flexibility index (Phi) is 8.28. The molecule has 0 bridgehead atoms. The molecule has 0 saturated carbocycles. The molecule has 4 rings (SSSR count). The molecule has 1 aromatic heterocycles. The molecule has 1 aliphatic heterocycles. The molecule has 2 N–H and O–H groups in total. The van der Waals surface area contributed by atoms with Crippen molar-refractivity contribution in [3.63, 3.8) is 0 Å². The normalized spacial score (nSPS) is 14.9. The van der Waals surface area contributed by atoms with E-state index in [-0.39, 0.29) is 24.9 Å². The van der Waals surface area contributed by atoms with Crippen molar-refractivity contribution in [1.29, 1.82) is 0 Å². The van der Waals surface area contributed by atoms with Gasteiger partial charge in [-0.15, -0.1) is 0 Å². The van der Waals surface area contributed by atoms with E-state index in [9.17, 15) is 14.0 Å². The van der Waals surface area contributed by atoms with Crippen LogP contribution in [0.5, 0.6) is 0 Å². The van der Waals surface area contributed by atoms with E-state index in [1.165, 1.54) is 12.1 Å². The fourth-order valence-corrected chi connectivity index (χ4v) is 4.24. The van der Waals surface area contributed by atoms with Crippen molar-refractivity contribution in [3.05, 3.63) is 95.0 Å². The second-order valence-corrected chi connectivity index (χ2v) is 8.76. The Bertz CT molecular complexity index is 1120. The van der Waals surface area contributed by atoms with Crippen molar-refractivity contribution in [2.75, 3.05) is 37.6 Å². The number of nitrogens with zero attached hydrogens (tertiary/aromatic N) is 3. The summed E-state index contributed by atoms with van der Waals surface area (Å²) in [6.45, 7) is 3.53. The Morgan fingerprint density at radius 2 is 1.63 bits per heavy atom. The molecule has 35 heavy (non-hydrogen) atoms. The molecule has 3 aromatic rings. The van der Waals surface area contributed by atoms with Crippen molar-refractivity contribution >= 4 is 29.1 Å². The molecule has 2 heterocycles. The molecule has 1 saturated heterocycles. The molecule has 0 aliphatic carbocycles. The van der Waals surface area contributed by atoms with Crippen LogP contribution in [0.4, 0.5) is 10.1 Å². The standard InChI is InChI=1S/C26H27ClFN5O2/c27-21-5-3-19(4-6-21)16-30-25(34)26(35)31-18-24(20-2-1-11-29-17-20)33-14-12-32(13-15-33)23-9-7-22(28)8-10-23/h1-11,17,24H,12-16,18H2,(H,30,34)(H,31,35)/t24-/m0/s1. The van der Waals surface area contributed by atoms with Gasteiger partial charge in [0.15, 0.2) is 0 Å². The van der Waals surface area contributed by atoms with Gasteiger partial charge in [0.2, 0.25) is 0 Å². The number of aromatic nitrogens is 1. The number of hydrogen-bond acceptors (Lipinski definition) is 5. The van der Waals surface area contributed by atoms with Crippen molar-refractivity contribution < 1.29 is 14.0 Å². The van der Waals surface area contributed by atoms with E-state index in [0.717, 1.165) is 43.0 Å². The van der Waals surface area contributed by atoms with Gasteiger partial charge >= 0.3 is 11.8 Å². The first-order chi connectivity index (χ1) is 17.0. The Hall–Kier alpha value is -3.49. The lowest BCUT2D eigenvalue weighted by Gasteiger charge is -2.40. The smallest absolute Gasteiger partial charge is 0.309 e. The van der Waals surface area contributed by atoms with Crippen LogP contribution >= 0.6 is 11.6 Å². The van der Waals surface area contributed by atoms with E-state index >= 15 is 0 Å². The summed E-state index contributed by atoms with van der Waals surface area (Å²) in [7, 11) is 0. The van der Waals surface area contributed by atoms with Crippen molar-refractivity contribution in [2.24, 2.45) is 0 Å². The highest BCUT2D eigenvalue weighted by molar-refractivity contribution is 6.35. The fourth-order valence-electron chi connectivity index (χ4n) is 4.11. The number of amides is 2. The number of anilines is 1. The summed E-state index contributed by atoms with van der Waals surface area (Å²) in [5, 5.41) is 6.02. The predicted octanol–water partition coefficient (Wildman–Crippen LogP) is 3.17. The zero-order valence-corrected chi connectivity index (χ0v) is 19.9. The second-order valence-electron chi connectivity index (χ2n) is 8.32. The Labute approximate surface area is 208 Å². The fraction of sp³-hybridized carbons (Fsp3) is 0.269. The maximum Gasteiger partial charge on any atom is 0.309 e. The van der Waals surface area contributed by atoms with Crippen LogP contribution < -0.4 is 15.5 Å². The predicted molar refractivity (Wildman–Crippen MR) is 133 cm³/mol. The highest BCUT2D eigenvalue weighted by atomic mass is 35.5. The van der Waals surface area contributed by atoms with E-state index in [1.807, 2.05) is 12.1 Å². The van der Waals surface area contributed by atoms with Gasteiger partial charge in [0.25, 0.3) is 0 Å². The van der Waals surface area contributed by atoms with Gasteiger partial charge in [-0.1, -0.05) is 29.8 Å². The molecule has 1 aliphatic rings. The molecule has 9 heteroatoms. The first kappa shape index (κ1) is 24.6. The lowest BCUT2D eigenvalue weighted by atomic mass is 10.1. The molecule has 2 aromatic carbocycles. The second kappa shape index (κ2) is 11.8. The number of carbonyl (C=O) groups excluding carboxylic acids is 2. The first-order valence-electron chi connectivity index (χ1n) is 11.4. The van der Waals surface area contributed by atoms with E-state index in [2.05, 4.69) is 25.4 Å². The van der Waals surface area contributed by atoms with E-state index in [1.54, 1.807) is 48.8 Å². The van der Waals surface area contributed by atoms with Crippen LogP contribution in [0.2, 0.25) is 5.02 Å². The molecule has 2 amide bonds. The number of hydrogen-bond donors (Lipinski definition) is 2. The molecule has 1 fully saturated rings. The number of piperazine rings is 1. The van der Waals surface area contributed by atoms with Gasteiger partial charge in [0.1, 0.15) is 5.82 Å². The van der Waals surface area contributed by atoms with Crippen molar-refractivity contribution in [1.82, 2.24) is 20.5 Å². The number of nitrogens with one attached hydrogen (secondary N) is 2. The number of benzene rings is 2. The van der Waals surface area contributed by atoms with Crippen LogP contribution in [0.3, 0.4) is 0 Å². The van der Waals surface area contributed by atoms with Crippen LogP contribution in [0, 0.1) is 5.82 Å². The molecular weight excluding hydrogens is 469 g/mol. The quantitative estimate of drug-likeness (QED) is 0.492. The molecule has 7 nitrogen and oxygen atoms in total. The molecular formula is C26H27ClFN5O2. The average Bonchev–Trinajstić information content (AvgIpc) is 2.89. The summed E-state index contributed by atoms with van der Waals surface area (Å²) >= 11 is 5.88. The lowest BCUT2D eigenvalue weighted by Crippen LogP contribution is -2.50. The zero-order chi connectivity index (χ0) is 24.6. The highest BCUT2D eigenvalue weighted by Crippen LogP contribution is 2.23. The SMILES string of the molecule is O=C(NCc1ccc(Cl)cc1)C(=O)NC[C@@H](c1cccnc1)N1CCN(c2ccc(F)cc2)CC1. The van der Waals surface area contributed by atoms with Crippen LogP contribution in [0.1, 0.15) is 17.2 Å². The van der Waals surface area contributed by atoms with Crippen molar-refractivity contribution in [3.8, 4) is 0 Å². The average molecular weight is 496 g/mol. The van der Waals surface area contributed by atoms with Gasteiger partial charge in [0, 0.05) is 62.4 Å². The minimum Gasteiger partial charge on any atom is -0.369 e. The van der Waals surface area contributed by atoms with Gasteiger partial charge in [0.05, 0.1) is 6.04 Å². The molecule has 0 spiro atoms. The maximum absolute atomic E-state index is 13.3. The number of carbonyl (C=O) groups is 2. The largest absolute Gasteiger partial charge is 0.369 e. The van der Waals surface area contributed by atoms with E-state index in [4.69, 9.17) is 11.6 Å². The van der Waals surface area contributed by atoms with Gasteiger partial charge in [-0.2, -0.15) is 0 Å². The summed E-state index contributed by atoms with van der Waals surface area (Å²) in [5.74, 6) is -1.62. The lowest BCUT2D eigenvalue weighted by molar-refractivity contribution is -0.139. The van der Waals surface area contributed by atoms with Crippen LogP contribution in [-0.2, 0) is 16.1 Å². The van der Waals surface area contributed by atoms with Crippen LogP contribution in [0.25, 0.3) is 0 Å². The van der Waals surface area contributed by atoms with Gasteiger partial charge < -0.3 is 15.5 Å². The molecule has 0 unspecified atom stereocenters. The summed E-state index contributed by atoms with van der Waals surface area (Å²) in [5.41, 5.74) is 2.79. The number of pyridine rings is 1. The van der Waals surface area contributed by atoms with E-state index < -0.39 is 11.8 Å². The molecule has 1 atom stereocenters. The van der Waals surface area contributed by atoms with Crippen molar-refractivity contribution in [2.45, 2.75) is 12.6 Å².